The topological polar surface area (TPSA) is 117 Å². The molecule has 1 fully saturated rings. The van der Waals surface area contributed by atoms with Gasteiger partial charge in [0, 0.05) is 31.7 Å². The summed E-state index contributed by atoms with van der Waals surface area (Å²) in [7, 11) is 0. The number of halogens is 1. The Hall–Kier alpha value is -3.17. The Kier molecular flexibility index (Phi) is 8.56. The van der Waals surface area contributed by atoms with Crippen LogP contribution in [-0.4, -0.2) is 49.2 Å². The van der Waals surface area contributed by atoms with Crippen LogP contribution in [0.4, 0.5) is 19.7 Å². The molecule has 1 aliphatic rings. The van der Waals surface area contributed by atoms with E-state index < -0.39 is 29.4 Å². The summed E-state index contributed by atoms with van der Waals surface area (Å²) in [6, 6.07) is 1.94. The van der Waals surface area contributed by atoms with Crippen LogP contribution < -0.4 is 20.9 Å². The number of alkyl carbamates (subject to hydrolysis) is 1. The largest absolute Gasteiger partial charge is 0.444 e. The maximum atomic E-state index is 14.4. The van der Waals surface area contributed by atoms with Gasteiger partial charge in [-0.3, -0.25) is 19.8 Å². The maximum absolute atomic E-state index is 14.4. The van der Waals surface area contributed by atoms with Crippen LogP contribution in [0.5, 0.6) is 0 Å². The van der Waals surface area contributed by atoms with Crippen LogP contribution in [0.3, 0.4) is 0 Å². The first-order valence-corrected chi connectivity index (χ1v) is 10.6. The fraction of sp³-hybridized carbons (Fsp3) is 0.545. The van der Waals surface area contributed by atoms with E-state index in [4.69, 9.17) is 4.74 Å². The van der Waals surface area contributed by atoms with Gasteiger partial charge in [-0.25, -0.2) is 14.0 Å². The number of imide groups is 1. The molecule has 0 atom stereocenters. The number of urea groups is 1. The van der Waals surface area contributed by atoms with Crippen LogP contribution in [0.25, 0.3) is 0 Å². The number of carbonyl (C=O) groups is 4. The zero-order chi connectivity index (χ0) is 23.9. The number of unbranched alkanes of at least 4 members (excludes halogenated alkanes) is 2. The van der Waals surface area contributed by atoms with Gasteiger partial charge in [-0.1, -0.05) is 0 Å². The molecule has 1 aliphatic heterocycles. The summed E-state index contributed by atoms with van der Waals surface area (Å²) in [4.78, 5) is 48.8. The minimum absolute atomic E-state index is 0.132. The van der Waals surface area contributed by atoms with Crippen molar-refractivity contribution in [3.8, 4) is 0 Å². The number of hydrogen-bond acceptors (Lipinski definition) is 5. The van der Waals surface area contributed by atoms with E-state index in [0.29, 0.717) is 37.2 Å². The highest BCUT2D eigenvalue weighted by atomic mass is 19.1. The first kappa shape index (κ1) is 25.1. The molecule has 10 heteroatoms. The van der Waals surface area contributed by atoms with E-state index in [0.717, 1.165) is 6.42 Å². The molecule has 0 aliphatic carbocycles. The summed E-state index contributed by atoms with van der Waals surface area (Å²) in [6.07, 6.45) is 1.77. The molecule has 1 heterocycles. The lowest BCUT2D eigenvalue weighted by Crippen LogP contribution is -2.49. The smallest absolute Gasteiger partial charge is 0.407 e. The van der Waals surface area contributed by atoms with Crippen LogP contribution in [-0.2, 0) is 9.53 Å². The Morgan fingerprint density at radius 2 is 1.78 bits per heavy atom. The number of carbonyl (C=O) groups excluding carboxylic acids is 4. The average molecular weight is 451 g/mol. The molecule has 176 valence electrons. The lowest BCUT2D eigenvalue weighted by molar-refractivity contribution is -0.120. The average Bonchev–Trinajstić information content (AvgIpc) is 2.66. The fourth-order valence-corrected chi connectivity index (χ4v) is 3.15. The van der Waals surface area contributed by atoms with E-state index in [1.54, 1.807) is 27.7 Å². The van der Waals surface area contributed by atoms with E-state index in [1.807, 2.05) is 0 Å². The predicted octanol–water partition coefficient (Wildman–Crippen LogP) is 3.01. The lowest BCUT2D eigenvalue weighted by atomic mass is 10.1. The zero-order valence-electron chi connectivity index (χ0n) is 19.0. The second-order valence-electron chi connectivity index (χ2n) is 8.62. The molecule has 0 radical (unpaired) electrons. The van der Waals surface area contributed by atoms with Crippen LogP contribution in [0.15, 0.2) is 12.1 Å². The van der Waals surface area contributed by atoms with Gasteiger partial charge >= 0.3 is 12.1 Å². The van der Waals surface area contributed by atoms with Crippen LogP contribution in [0.1, 0.15) is 62.4 Å². The second kappa shape index (κ2) is 10.9. The van der Waals surface area contributed by atoms with E-state index in [2.05, 4.69) is 16.0 Å². The molecule has 9 nitrogen and oxygen atoms in total. The third-order valence-electron chi connectivity index (χ3n) is 4.68. The van der Waals surface area contributed by atoms with Crippen molar-refractivity contribution >= 4 is 29.6 Å². The predicted molar refractivity (Wildman–Crippen MR) is 117 cm³/mol. The van der Waals surface area contributed by atoms with Gasteiger partial charge in [-0.2, -0.15) is 0 Å². The van der Waals surface area contributed by atoms with Crippen molar-refractivity contribution in [1.82, 2.24) is 16.0 Å². The summed E-state index contributed by atoms with van der Waals surface area (Å²) in [5, 5.41) is 7.55. The number of nitrogens with zero attached hydrogens (tertiary/aromatic N) is 1. The Morgan fingerprint density at radius 1 is 1.12 bits per heavy atom. The molecule has 0 saturated carbocycles. The number of anilines is 1. The zero-order valence-corrected chi connectivity index (χ0v) is 19.0. The molecule has 0 spiro atoms. The van der Waals surface area contributed by atoms with Gasteiger partial charge in [0.15, 0.2) is 0 Å². The van der Waals surface area contributed by atoms with Gasteiger partial charge < -0.3 is 15.4 Å². The number of benzene rings is 1. The number of hydrogen-bond donors (Lipinski definition) is 3. The maximum Gasteiger partial charge on any atom is 0.407 e. The molecular weight excluding hydrogens is 419 g/mol. The van der Waals surface area contributed by atoms with Crippen LogP contribution in [0, 0.1) is 12.7 Å². The van der Waals surface area contributed by atoms with Crippen molar-refractivity contribution in [2.75, 3.05) is 24.5 Å². The highest BCUT2D eigenvalue weighted by Crippen LogP contribution is 2.25. The third-order valence-corrected chi connectivity index (χ3v) is 4.68. The van der Waals surface area contributed by atoms with E-state index >= 15 is 0 Å². The Balaban J connectivity index is 1.81. The minimum atomic E-state index is -0.682. The molecule has 1 saturated heterocycles. The molecule has 2 rings (SSSR count). The van der Waals surface area contributed by atoms with E-state index in [9.17, 15) is 23.6 Å². The van der Waals surface area contributed by atoms with Gasteiger partial charge in [0.05, 0.1) is 5.56 Å². The summed E-state index contributed by atoms with van der Waals surface area (Å²) in [5.74, 6) is -1.63. The quantitative estimate of drug-likeness (QED) is 0.527. The summed E-state index contributed by atoms with van der Waals surface area (Å²) in [5.41, 5.74) is 0.159. The Morgan fingerprint density at radius 3 is 2.41 bits per heavy atom. The van der Waals surface area contributed by atoms with Gasteiger partial charge in [-0.15, -0.1) is 0 Å². The number of amides is 5. The van der Waals surface area contributed by atoms with Gasteiger partial charge in [0.2, 0.25) is 5.91 Å². The van der Waals surface area contributed by atoms with Crippen LogP contribution >= 0.6 is 0 Å². The summed E-state index contributed by atoms with van der Waals surface area (Å²) < 4.78 is 19.5. The molecule has 1 aromatic rings. The van der Waals surface area contributed by atoms with Gasteiger partial charge in [-0.05, 0) is 64.7 Å². The van der Waals surface area contributed by atoms with Crippen LogP contribution in [0.2, 0.25) is 0 Å². The molecular formula is C22H31FN4O5. The summed E-state index contributed by atoms with van der Waals surface area (Å²) >= 11 is 0. The molecule has 32 heavy (non-hydrogen) atoms. The molecule has 1 aromatic carbocycles. The van der Waals surface area contributed by atoms with E-state index in [-0.39, 0.29) is 24.4 Å². The molecule has 5 amide bonds. The number of nitrogens with one attached hydrogen (secondary N) is 3. The second-order valence-corrected chi connectivity index (χ2v) is 8.62. The minimum Gasteiger partial charge on any atom is -0.444 e. The van der Waals surface area contributed by atoms with Crippen molar-refractivity contribution < 1.29 is 28.3 Å². The first-order chi connectivity index (χ1) is 15.0. The number of rotatable bonds is 8. The monoisotopic (exact) mass is 450 g/mol. The Bertz CT molecular complexity index is 882. The molecule has 3 N–H and O–H groups in total. The number of aryl methyl sites for hydroxylation is 1. The molecule has 0 bridgehead atoms. The third kappa shape index (κ3) is 7.51. The van der Waals surface area contributed by atoms with E-state index in [1.165, 1.54) is 17.0 Å². The van der Waals surface area contributed by atoms with Crippen molar-refractivity contribution in [3.05, 3.63) is 29.1 Å². The highest BCUT2D eigenvalue weighted by Gasteiger charge is 2.27. The van der Waals surface area contributed by atoms with Crippen molar-refractivity contribution in [1.29, 1.82) is 0 Å². The highest BCUT2D eigenvalue weighted by molar-refractivity contribution is 6.06. The van der Waals surface area contributed by atoms with Crippen molar-refractivity contribution in [2.24, 2.45) is 0 Å². The lowest BCUT2D eigenvalue weighted by Gasteiger charge is -2.28. The first-order valence-electron chi connectivity index (χ1n) is 10.6. The molecule has 0 aromatic heterocycles. The Labute approximate surface area is 187 Å². The SMILES string of the molecule is Cc1cc(F)c(C(=O)NCCCCCNC(=O)OC(C)(C)C)cc1N1CCC(=O)NC1=O. The van der Waals surface area contributed by atoms with Gasteiger partial charge in [0.25, 0.3) is 5.91 Å². The van der Waals surface area contributed by atoms with Crippen molar-refractivity contribution in [3.63, 3.8) is 0 Å². The molecule has 0 unspecified atom stereocenters. The standard InChI is InChI=1S/C22H31FN4O5/c1-14-12-16(23)15(13-17(14)27-11-8-18(28)26-20(27)30)19(29)24-9-6-5-7-10-25-21(31)32-22(2,3)4/h12-13H,5-11H2,1-4H3,(H,24,29)(H,25,31)(H,26,28,30). The normalized spacial score (nSPS) is 14.1. The summed E-state index contributed by atoms with van der Waals surface area (Å²) in [6.45, 7) is 7.96. The van der Waals surface area contributed by atoms with Gasteiger partial charge in [0.1, 0.15) is 11.4 Å². The fourth-order valence-electron chi connectivity index (χ4n) is 3.15. The number of ether oxygens (including phenoxy) is 1. The van der Waals surface area contributed by atoms with Crippen molar-refractivity contribution in [2.45, 2.75) is 59.0 Å².